The van der Waals surface area contributed by atoms with Crippen molar-refractivity contribution in [3.05, 3.63) is 42.1 Å². The van der Waals surface area contributed by atoms with Crippen LogP contribution in [0.1, 0.15) is 5.56 Å². The number of hydrogen-bond donors (Lipinski definition) is 3. The molecule has 1 aromatic heterocycles. The van der Waals surface area contributed by atoms with Crippen molar-refractivity contribution in [3.63, 3.8) is 0 Å². The van der Waals surface area contributed by atoms with Gasteiger partial charge in [-0.2, -0.15) is 0 Å². The fourth-order valence-corrected chi connectivity index (χ4v) is 1.55. The number of fused-ring (bicyclic) bond motifs is 1. The molecule has 0 radical (unpaired) electrons. The smallest absolute Gasteiger partial charge is 0.376 e. The van der Waals surface area contributed by atoms with Gasteiger partial charge in [0.15, 0.2) is 0 Å². The highest BCUT2D eigenvalue weighted by Crippen LogP contribution is 2.22. The minimum absolute atomic E-state index is 0.366. The SMILES string of the molecule is O=C(O)C(=O)/C=C(\O)c1c[nH]c2ccccc12. The number of aliphatic hydroxyl groups excluding tert-OH is 1. The molecule has 17 heavy (non-hydrogen) atoms. The molecule has 2 aromatic rings. The van der Waals surface area contributed by atoms with E-state index >= 15 is 0 Å². The summed E-state index contributed by atoms with van der Waals surface area (Å²) in [7, 11) is 0. The lowest BCUT2D eigenvalue weighted by atomic mass is 10.1. The quantitative estimate of drug-likeness (QED) is 0.426. The summed E-state index contributed by atoms with van der Waals surface area (Å²) >= 11 is 0. The van der Waals surface area contributed by atoms with Crippen molar-refractivity contribution < 1.29 is 19.8 Å². The summed E-state index contributed by atoms with van der Waals surface area (Å²) in [6, 6.07) is 7.18. The van der Waals surface area contributed by atoms with Crippen LogP contribution in [0.15, 0.2) is 36.5 Å². The van der Waals surface area contributed by atoms with Gasteiger partial charge < -0.3 is 15.2 Å². The number of rotatable bonds is 3. The number of aromatic nitrogens is 1. The van der Waals surface area contributed by atoms with Crippen molar-refractivity contribution in [2.24, 2.45) is 0 Å². The first kappa shape index (κ1) is 10.9. The van der Waals surface area contributed by atoms with E-state index in [2.05, 4.69) is 4.98 Å². The normalized spacial score (nSPS) is 11.6. The molecule has 0 spiro atoms. The summed E-state index contributed by atoms with van der Waals surface area (Å²) in [6.07, 6.45) is 2.21. The summed E-state index contributed by atoms with van der Waals surface area (Å²) < 4.78 is 0. The van der Waals surface area contributed by atoms with E-state index in [1.54, 1.807) is 12.1 Å². The Morgan fingerprint density at radius 1 is 1.18 bits per heavy atom. The van der Waals surface area contributed by atoms with Gasteiger partial charge in [0.2, 0.25) is 0 Å². The zero-order valence-electron chi connectivity index (χ0n) is 8.68. The third-order valence-corrected chi connectivity index (χ3v) is 2.34. The number of nitrogens with one attached hydrogen (secondary N) is 1. The maximum atomic E-state index is 10.9. The number of ketones is 1. The fourth-order valence-electron chi connectivity index (χ4n) is 1.55. The van der Waals surface area contributed by atoms with E-state index in [9.17, 15) is 14.7 Å². The van der Waals surface area contributed by atoms with Gasteiger partial charge in [-0.15, -0.1) is 0 Å². The molecule has 0 saturated carbocycles. The van der Waals surface area contributed by atoms with Crippen molar-refractivity contribution in [2.45, 2.75) is 0 Å². The first-order chi connectivity index (χ1) is 8.09. The maximum Gasteiger partial charge on any atom is 0.376 e. The Labute approximate surface area is 96.0 Å². The first-order valence-corrected chi connectivity index (χ1v) is 4.84. The Hall–Kier alpha value is -2.56. The van der Waals surface area contributed by atoms with Gasteiger partial charge >= 0.3 is 5.97 Å². The van der Waals surface area contributed by atoms with Gasteiger partial charge in [0.1, 0.15) is 5.76 Å². The molecule has 0 atom stereocenters. The molecule has 0 bridgehead atoms. The Kier molecular flexibility index (Phi) is 2.66. The number of carbonyl (C=O) groups excluding carboxylic acids is 1. The summed E-state index contributed by atoms with van der Waals surface area (Å²) in [5.41, 5.74) is 1.19. The molecule has 2 rings (SSSR count). The van der Waals surface area contributed by atoms with E-state index in [0.717, 1.165) is 10.9 Å². The van der Waals surface area contributed by atoms with Crippen LogP contribution in [-0.2, 0) is 9.59 Å². The number of carboxylic acids is 1. The fraction of sp³-hybridized carbons (Fsp3) is 0. The second kappa shape index (κ2) is 4.13. The van der Waals surface area contributed by atoms with Crippen LogP contribution < -0.4 is 0 Å². The summed E-state index contributed by atoms with van der Waals surface area (Å²) in [6.45, 7) is 0. The van der Waals surface area contributed by atoms with Crippen LogP contribution in [0.2, 0.25) is 0 Å². The molecule has 0 unspecified atom stereocenters. The minimum Gasteiger partial charge on any atom is -0.507 e. The van der Waals surface area contributed by atoms with Crippen molar-refractivity contribution in [1.82, 2.24) is 4.98 Å². The molecule has 5 heteroatoms. The van der Waals surface area contributed by atoms with Crippen LogP contribution in [0, 0.1) is 0 Å². The molecular formula is C12H9NO4. The second-order valence-corrected chi connectivity index (χ2v) is 3.45. The topological polar surface area (TPSA) is 90.4 Å². The lowest BCUT2D eigenvalue weighted by molar-refractivity contribution is -0.146. The third-order valence-electron chi connectivity index (χ3n) is 2.34. The van der Waals surface area contributed by atoms with Gasteiger partial charge in [-0.1, -0.05) is 18.2 Å². The monoisotopic (exact) mass is 231 g/mol. The van der Waals surface area contributed by atoms with Gasteiger partial charge in [0.05, 0.1) is 0 Å². The van der Waals surface area contributed by atoms with Crippen molar-refractivity contribution in [2.75, 3.05) is 0 Å². The van der Waals surface area contributed by atoms with E-state index in [1.807, 2.05) is 12.1 Å². The van der Waals surface area contributed by atoms with Crippen molar-refractivity contribution in [3.8, 4) is 0 Å². The van der Waals surface area contributed by atoms with E-state index in [0.29, 0.717) is 11.6 Å². The van der Waals surface area contributed by atoms with Gasteiger partial charge in [0, 0.05) is 28.7 Å². The lowest BCUT2D eigenvalue weighted by Gasteiger charge is -1.96. The molecule has 0 amide bonds. The molecule has 0 aliphatic rings. The van der Waals surface area contributed by atoms with E-state index < -0.39 is 11.8 Å². The average Bonchev–Trinajstić information content (AvgIpc) is 2.72. The molecule has 0 aliphatic heterocycles. The number of para-hydroxylation sites is 1. The molecule has 1 heterocycles. The second-order valence-electron chi connectivity index (χ2n) is 3.45. The van der Waals surface area contributed by atoms with E-state index in [-0.39, 0.29) is 5.76 Å². The highest BCUT2D eigenvalue weighted by Gasteiger charge is 2.12. The molecular weight excluding hydrogens is 222 g/mol. The minimum atomic E-state index is -1.60. The Balaban J connectivity index is 2.47. The number of hydrogen-bond acceptors (Lipinski definition) is 3. The Morgan fingerprint density at radius 3 is 2.59 bits per heavy atom. The largest absolute Gasteiger partial charge is 0.507 e. The van der Waals surface area contributed by atoms with Gasteiger partial charge in [-0.3, -0.25) is 4.79 Å². The zero-order valence-corrected chi connectivity index (χ0v) is 8.68. The molecule has 86 valence electrons. The number of benzene rings is 1. The number of carboxylic acid groups (broad SMARTS) is 1. The molecule has 3 N–H and O–H groups in total. The van der Waals surface area contributed by atoms with Crippen LogP contribution in [0.3, 0.4) is 0 Å². The predicted octanol–water partition coefficient (Wildman–Crippen LogP) is 1.72. The maximum absolute atomic E-state index is 10.9. The number of H-pyrrole nitrogens is 1. The molecule has 0 saturated heterocycles. The van der Waals surface area contributed by atoms with Crippen molar-refractivity contribution >= 4 is 28.4 Å². The number of aliphatic carboxylic acids is 1. The number of aromatic amines is 1. The van der Waals surface area contributed by atoms with Crippen LogP contribution in [0.25, 0.3) is 16.7 Å². The number of aliphatic hydroxyl groups is 1. The van der Waals surface area contributed by atoms with E-state index in [1.165, 1.54) is 6.20 Å². The summed E-state index contributed by atoms with van der Waals surface area (Å²) in [5, 5.41) is 18.8. The first-order valence-electron chi connectivity index (χ1n) is 4.84. The van der Waals surface area contributed by atoms with Gasteiger partial charge in [-0.05, 0) is 6.07 Å². The van der Waals surface area contributed by atoms with Crippen molar-refractivity contribution in [1.29, 1.82) is 0 Å². The van der Waals surface area contributed by atoms with Gasteiger partial charge in [0.25, 0.3) is 5.78 Å². The zero-order chi connectivity index (χ0) is 12.4. The van der Waals surface area contributed by atoms with Crippen LogP contribution in [0.4, 0.5) is 0 Å². The number of carbonyl (C=O) groups is 2. The standard InChI is InChI=1S/C12H9NO4/c14-10(5-11(15)12(16)17)8-6-13-9-4-2-1-3-7(8)9/h1-6,13-14H,(H,16,17)/b10-5-. The molecule has 0 aliphatic carbocycles. The highest BCUT2D eigenvalue weighted by molar-refractivity contribution is 6.38. The Morgan fingerprint density at radius 2 is 1.88 bits per heavy atom. The lowest BCUT2D eigenvalue weighted by Crippen LogP contribution is -2.09. The highest BCUT2D eigenvalue weighted by atomic mass is 16.4. The molecule has 5 nitrogen and oxygen atoms in total. The van der Waals surface area contributed by atoms with Crippen LogP contribution in [-0.4, -0.2) is 26.9 Å². The third kappa shape index (κ3) is 2.03. The van der Waals surface area contributed by atoms with E-state index in [4.69, 9.17) is 5.11 Å². The Bertz CT molecular complexity index is 624. The molecule has 1 aromatic carbocycles. The average molecular weight is 231 g/mol. The predicted molar refractivity (Wildman–Crippen MR) is 61.5 cm³/mol. The molecule has 0 fully saturated rings. The van der Waals surface area contributed by atoms with Crippen LogP contribution in [0.5, 0.6) is 0 Å². The summed E-state index contributed by atoms with van der Waals surface area (Å²) in [4.78, 5) is 24.2. The van der Waals surface area contributed by atoms with Gasteiger partial charge in [-0.25, -0.2) is 4.79 Å². The summed E-state index contributed by atoms with van der Waals surface area (Å²) in [5.74, 6) is -3.13. The van der Waals surface area contributed by atoms with Crippen LogP contribution >= 0.6 is 0 Å².